The molecule has 2 saturated heterocycles. The fourth-order valence-corrected chi connectivity index (χ4v) is 3.95. The Balaban J connectivity index is 1.46. The van der Waals surface area contributed by atoms with Gasteiger partial charge in [0.2, 0.25) is 5.91 Å². The van der Waals surface area contributed by atoms with Gasteiger partial charge in [-0.2, -0.15) is 0 Å². The van der Waals surface area contributed by atoms with Gasteiger partial charge in [-0.05, 0) is 52.0 Å². The molecule has 0 aromatic heterocycles. The van der Waals surface area contributed by atoms with Gasteiger partial charge in [0, 0.05) is 32.2 Å². The van der Waals surface area contributed by atoms with Crippen LogP contribution in [0, 0.1) is 0 Å². The number of nitrogens with zero attached hydrogens (tertiary/aromatic N) is 2. The Morgan fingerprint density at radius 3 is 2.39 bits per heavy atom. The average molecular weight is 388 g/mol. The Labute approximate surface area is 168 Å². The molecule has 1 N–H and O–H groups in total. The van der Waals surface area contributed by atoms with E-state index in [4.69, 9.17) is 4.74 Å². The standard InChI is InChI=1S/C22H33N3O3/c1-22(2,3)28-21(27)25-13-7-10-19(25)20(26)23-18-11-14-24(15-12-18)16-17-8-5-4-6-9-17/h4-6,8-9,18-19H,7,10-16H2,1-3H3,(H,23,26). The molecular formula is C22H33N3O3. The molecule has 0 spiro atoms. The lowest BCUT2D eigenvalue weighted by atomic mass is 10.0. The van der Waals surface area contributed by atoms with Crippen molar-refractivity contribution in [2.75, 3.05) is 19.6 Å². The molecule has 2 amide bonds. The van der Waals surface area contributed by atoms with Crippen LogP contribution in [0.4, 0.5) is 4.79 Å². The molecule has 1 atom stereocenters. The second kappa shape index (κ2) is 8.95. The second-order valence-corrected chi connectivity index (χ2v) is 8.88. The van der Waals surface area contributed by atoms with Crippen molar-refractivity contribution in [2.45, 2.75) is 70.7 Å². The van der Waals surface area contributed by atoms with Gasteiger partial charge in [0.1, 0.15) is 11.6 Å². The SMILES string of the molecule is CC(C)(C)OC(=O)N1CCCC1C(=O)NC1CCN(Cc2ccccc2)CC1. The van der Waals surface area contributed by atoms with Gasteiger partial charge < -0.3 is 10.1 Å². The van der Waals surface area contributed by atoms with Crippen LogP contribution in [-0.2, 0) is 16.1 Å². The molecule has 154 valence electrons. The van der Waals surface area contributed by atoms with E-state index in [1.807, 2.05) is 26.8 Å². The van der Waals surface area contributed by atoms with Gasteiger partial charge in [0.15, 0.2) is 0 Å². The van der Waals surface area contributed by atoms with Crippen molar-refractivity contribution in [1.29, 1.82) is 0 Å². The van der Waals surface area contributed by atoms with Crippen molar-refractivity contribution < 1.29 is 14.3 Å². The van der Waals surface area contributed by atoms with Crippen LogP contribution >= 0.6 is 0 Å². The van der Waals surface area contributed by atoms with Crippen LogP contribution in [0.15, 0.2) is 30.3 Å². The first kappa shape index (κ1) is 20.6. The summed E-state index contributed by atoms with van der Waals surface area (Å²) in [7, 11) is 0. The number of likely N-dealkylation sites (tertiary alicyclic amines) is 2. The Hall–Kier alpha value is -2.08. The molecule has 1 unspecified atom stereocenters. The molecule has 2 fully saturated rings. The lowest BCUT2D eigenvalue weighted by Crippen LogP contribution is -2.52. The molecular weight excluding hydrogens is 354 g/mol. The van der Waals surface area contributed by atoms with Crippen LogP contribution in [0.3, 0.4) is 0 Å². The largest absolute Gasteiger partial charge is 0.444 e. The predicted molar refractivity (Wildman–Crippen MR) is 109 cm³/mol. The summed E-state index contributed by atoms with van der Waals surface area (Å²) in [4.78, 5) is 29.2. The minimum Gasteiger partial charge on any atom is -0.444 e. The maximum Gasteiger partial charge on any atom is 0.410 e. The fourth-order valence-electron chi connectivity index (χ4n) is 3.95. The third kappa shape index (κ3) is 5.71. The fraction of sp³-hybridized carbons (Fsp3) is 0.636. The van der Waals surface area contributed by atoms with Crippen LogP contribution < -0.4 is 5.32 Å². The first-order valence-electron chi connectivity index (χ1n) is 10.4. The predicted octanol–water partition coefficient (Wildman–Crippen LogP) is 3.17. The van der Waals surface area contributed by atoms with Gasteiger partial charge in [-0.15, -0.1) is 0 Å². The van der Waals surface area contributed by atoms with Gasteiger partial charge in [0.25, 0.3) is 0 Å². The summed E-state index contributed by atoms with van der Waals surface area (Å²) >= 11 is 0. The third-order valence-corrected chi connectivity index (χ3v) is 5.37. The Kier molecular flexibility index (Phi) is 6.60. The summed E-state index contributed by atoms with van der Waals surface area (Å²) < 4.78 is 5.46. The molecule has 3 rings (SSSR count). The third-order valence-electron chi connectivity index (χ3n) is 5.37. The van der Waals surface area contributed by atoms with E-state index in [2.05, 4.69) is 34.5 Å². The van der Waals surface area contributed by atoms with E-state index < -0.39 is 11.6 Å². The lowest BCUT2D eigenvalue weighted by Gasteiger charge is -2.34. The summed E-state index contributed by atoms with van der Waals surface area (Å²) in [6.07, 6.45) is 3.04. The summed E-state index contributed by atoms with van der Waals surface area (Å²) in [6.45, 7) is 9.03. The highest BCUT2D eigenvalue weighted by atomic mass is 16.6. The minimum atomic E-state index is -0.549. The number of piperidine rings is 1. The number of benzene rings is 1. The zero-order valence-electron chi connectivity index (χ0n) is 17.3. The smallest absolute Gasteiger partial charge is 0.410 e. The van der Waals surface area contributed by atoms with Crippen molar-refractivity contribution in [3.05, 3.63) is 35.9 Å². The number of hydrogen-bond donors (Lipinski definition) is 1. The normalized spacial score (nSPS) is 21.5. The molecule has 0 saturated carbocycles. The molecule has 1 aromatic rings. The monoisotopic (exact) mass is 387 g/mol. The zero-order valence-corrected chi connectivity index (χ0v) is 17.3. The second-order valence-electron chi connectivity index (χ2n) is 8.88. The lowest BCUT2D eigenvalue weighted by molar-refractivity contribution is -0.126. The zero-order chi connectivity index (χ0) is 20.1. The first-order valence-corrected chi connectivity index (χ1v) is 10.4. The van der Waals surface area contributed by atoms with Crippen molar-refractivity contribution in [3.63, 3.8) is 0 Å². The summed E-state index contributed by atoms with van der Waals surface area (Å²) in [5, 5.41) is 3.18. The summed E-state index contributed by atoms with van der Waals surface area (Å²) in [5.41, 5.74) is 0.774. The van der Waals surface area contributed by atoms with Gasteiger partial charge in [-0.1, -0.05) is 30.3 Å². The first-order chi connectivity index (χ1) is 13.3. The summed E-state index contributed by atoms with van der Waals surface area (Å²) in [5.74, 6) is -0.0372. The van der Waals surface area contributed by atoms with Crippen LogP contribution in [0.25, 0.3) is 0 Å². The van der Waals surface area contributed by atoms with E-state index in [-0.39, 0.29) is 18.0 Å². The molecule has 2 aliphatic heterocycles. The van der Waals surface area contributed by atoms with Crippen molar-refractivity contribution >= 4 is 12.0 Å². The quantitative estimate of drug-likeness (QED) is 0.862. The highest BCUT2D eigenvalue weighted by molar-refractivity contribution is 5.86. The van der Waals surface area contributed by atoms with E-state index in [9.17, 15) is 9.59 Å². The van der Waals surface area contributed by atoms with E-state index in [0.29, 0.717) is 13.0 Å². The number of carbonyl (C=O) groups excluding carboxylic acids is 2. The van der Waals surface area contributed by atoms with Crippen LogP contribution in [0.2, 0.25) is 0 Å². The van der Waals surface area contributed by atoms with E-state index >= 15 is 0 Å². The van der Waals surface area contributed by atoms with Crippen LogP contribution in [0.5, 0.6) is 0 Å². The Morgan fingerprint density at radius 2 is 1.75 bits per heavy atom. The van der Waals surface area contributed by atoms with Crippen molar-refractivity contribution in [3.8, 4) is 0 Å². The molecule has 6 heteroatoms. The van der Waals surface area contributed by atoms with Crippen molar-refractivity contribution in [2.24, 2.45) is 0 Å². The molecule has 2 aliphatic rings. The maximum absolute atomic E-state index is 12.8. The van der Waals surface area contributed by atoms with Gasteiger partial charge in [0.05, 0.1) is 0 Å². The van der Waals surface area contributed by atoms with Crippen molar-refractivity contribution in [1.82, 2.24) is 15.1 Å². The topological polar surface area (TPSA) is 61.9 Å². The number of amides is 2. The number of hydrogen-bond acceptors (Lipinski definition) is 4. The molecule has 1 aromatic carbocycles. The van der Waals surface area contributed by atoms with E-state index in [1.165, 1.54) is 5.56 Å². The highest BCUT2D eigenvalue weighted by Gasteiger charge is 2.37. The number of carbonyl (C=O) groups is 2. The van der Waals surface area contributed by atoms with Gasteiger partial charge in [-0.25, -0.2) is 4.79 Å². The number of nitrogens with one attached hydrogen (secondary N) is 1. The molecule has 2 heterocycles. The Bertz CT molecular complexity index is 663. The summed E-state index contributed by atoms with van der Waals surface area (Å²) in [6, 6.07) is 10.3. The minimum absolute atomic E-state index is 0.0372. The number of rotatable bonds is 4. The van der Waals surface area contributed by atoms with Crippen LogP contribution in [-0.4, -0.2) is 59.1 Å². The average Bonchev–Trinajstić information content (AvgIpc) is 3.13. The van der Waals surface area contributed by atoms with Crippen LogP contribution in [0.1, 0.15) is 52.0 Å². The number of ether oxygens (including phenoxy) is 1. The van der Waals surface area contributed by atoms with Gasteiger partial charge >= 0.3 is 6.09 Å². The van der Waals surface area contributed by atoms with E-state index in [0.717, 1.165) is 38.9 Å². The van der Waals surface area contributed by atoms with E-state index in [1.54, 1.807) is 4.90 Å². The Morgan fingerprint density at radius 1 is 1.07 bits per heavy atom. The molecule has 6 nitrogen and oxygen atoms in total. The molecule has 0 aliphatic carbocycles. The molecule has 28 heavy (non-hydrogen) atoms. The maximum atomic E-state index is 12.8. The van der Waals surface area contributed by atoms with Gasteiger partial charge in [-0.3, -0.25) is 14.6 Å². The highest BCUT2D eigenvalue weighted by Crippen LogP contribution is 2.22. The molecule has 0 radical (unpaired) electrons. The molecule has 0 bridgehead atoms.